The van der Waals surface area contributed by atoms with Crippen molar-refractivity contribution >= 4 is 38.6 Å². The number of hydrogen-bond acceptors (Lipinski definition) is 2. The van der Waals surface area contributed by atoms with Gasteiger partial charge in [-0.3, -0.25) is 0 Å². The Kier molecular flexibility index (Phi) is 8.43. The first kappa shape index (κ1) is 28.8. The monoisotopic (exact) mass is 570 g/mol. The van der Waals surface area contributed by atoms with Gasteiger partial charge in [0.25, 0.3) is 0 Å². The minimum Gasteiger partial charge on any atom is -0.397 e. The zero-order chi connectivity index (χ0) is 30.5. The number of anilines is 3. The Hall–Kier alpha value is -5.34. The lowest BCUT2D eigenvalue weighted by atomic mass is 9.85. The van der Waals surface area contributed by atoms with Gasteiger partial charge in [-0.15, -0.1) is 0 Å². The lowest BCUT2D eigenvalue weighted by molar-refractivity contribution is 0.737. The van der Waals surface area contributed by atoms with E-state index in [4.69, 9.17) is 5.73 Å². The fourth-order valence-corrected chi connectivity index (χ4v) is 5.70. The van der Waals surface area contributed by atoms with Gasteiger partial charge in [0.2, 0.25) is 0 Å². The Labute approximate surface area is 260 Å². The highest BCUT2D eigenvalue weighted by Gasteiger charge is 2.16. The van der Waals surface area contributed by atoms with Crippen LogP contribution < -0.4 is 11.1 Å². The van der Waals surface area contributed by atoms with Crippen LogP contribution in [-0.2, 0) is 0 Å². The first-order valence-corrected chi connectivity index (χ1v) is 15.3. The molecule has 0 aliphatic rings. The van der Waals surface area contributed by atoms with Crippen LogP contribution in [0.5, 0.6) is 0 Å². The van der Waals surface area contributed by atoms with Crippen molar-refractivity contribution in [2.45, 2.75) is 20.8 Å². The first-order valence-electron chi connectivity index (χ1n) is 15.3. The van der Waals surface area contributed by atoms with Crippen LogP contribution in [0.15, 0.2) is 152 Å². The van der Waals surface area contributed by atoms with Gasteiger partial charge in [0.05, 0.1) is 11.4 Å². The molecule has 0 unspecified atom stereocenters. The molecule has 0 saturated heterocycles. The third-order valence-corrected chi connectivity index (χ3v) is 7.63. The summed E-state index contributed by atoms with van der Waals surface area (Å²) in [6, 6.07) is 53.5. The molecule has 2 nitrogen and oxygen atoms in total. The number of hydrogen-bond donors (Lipinski definition) is 2. The normalized spacial score (nSPS) is 10.9. The van der Waals surface area contributed by atoms with E-state index in [0.717, 1.165) is 23.0 Å². The molecule has 0 radical (unpaired) electrons. The van der Waals surface area contributed by atoms with Gasteiger partial charge in [-0.25, -0.2) is 0 Å². The number of para-hydroxylation sites is 2. The molecule has 0 aliphatic heterocycles. The van der Waals surface area contributed by atoms with E-state index >= 15 is 0 Å². The van der Waals surface area contributed by atoms with Gasteiger partial charge in [0, 0.05) is 5.69 Å². The van der Waals surface area contributed by atoms with E-state index in [0.29, 0.717) is 0 Å². The summed E-state index contributed by atoms with van der Waals surface area (Å²) < 4.78 is 0. The van der Waals surface area contributed by atoms with Gasteiger partial charge >= 0.3 is 0 Å². The lowest BCUT2D eigenvalue weighted by Gasteiger charge is -2.18. The number of nitrogens with two attached hydrogens (primary N) is 1. The van der Waals surface area contributed by atoms with E-state index in [1.165, 1.54) is 54.9 Å². The summed E-state index contributed by atoms with van der Waals surface area (Å²) >= 11 is 0. The molecule has 0 heterocycles. The molecule has 216 valence electrons. The molecule has 0 amide bonds. The topological polar surface area (TPSA) is 38.0 Å². The largest absolute Gasteiger partial charge is 0.397 e. The molecule has 0 spiro atoms. The Morgan fingerprint density at radius 3 is 1.25 bits per heavy atom. The second kappa shape index (κ2) is 12.9. The van der Waals surface area contributed by atoms with Crippen LogP contribution in [0.4, 0.5) is 17.1 Å². The van der Waals surface area contributed by atoms with E-state index in [1.54, 1.807) is 0 Å². The van der Waals surface area contributed by atoms with Crippen molar-refractivity contribution in [2.75, 3.05) is 11.1 Å². The van der Waals surface area contributed by atoms with Crippen LogP contribution in [0.1, 0.15) is 20.8 Å². The summed E-state index contributed by atoms with van der Waals surface area (Å²) in [7, 11) is 0. The maximum atomic E-state index is 6.15. The standard InChI is InChI=1S/C38H28N2.C4H10/c39-35-16-8-9-17-36(35)40-30-24-22-29(23-25-30)38-33-14-6-4-12-31(33)37(32-13-5-7-15-34(32)38)28-20-18-27(19-21-28)26-10-2-1-3-11-26;1-4(2)3/h1-25,40H,39H2;4H,1-3H3. The average molecular weight is 571 g/mol. The molecule has 0 fully saturated rings. The highest BCUT2D eigenvalue weighted by atomic mass is 14.9. The van der Waals surface area contributed by atoms with Crippen molar-refractivity contribution in [1.29, 1.82) is 0 Å². The van der Waals surface area contributed by atoms with Crippen molar-refractivity contribution in [2.24, 2.45) is 5.92 Å². The Morgan fingerprint density at radius 1 is 0.409 bits per heavy atom. The zero-order valence-electron chi connectivity index (χ0n) is 25.6. The molecule has 2 heteroatoms. The third kappa shape index (κ3) is 6.07. The summed E-state index contributed by atoms with van der Waals surface area (Å²) in [5.74, 6) is 0.833. The molecular formula is C42H38N2. The Bertz CT molecular complexity index is 1950. The summed E-state index contributed by atoms with van der Waals surface area (Å²) in [6.07, 6.45) is 0. The van der Waals surface area contributed by atoms with Gasteiger partial charge in [-0.1, -0.05) is 148 Å². The van der Waals surface area contributed by atoms with Gasteiger partial charge in [-0.05, 0) is 85.1 Å². The third-order valence-electron chi connectivity index (χ3n) is 7.63. The van der Waals surface area contributed by atoms with Crippen molar-refractivity contribution in [3.8, 4) is 33.4 Å². The molecule has 0 saturated carbocycles. The minimum absolute atomic E-state index is 0.732. The van der Waals surface area contributed by atoms with Crippen molar-refractivity contribution < 1.29 is 0 Å². The predicted octanol–water partition coefficient (Wildman–Crippen LogP) is 12.0. The molecule has 0 bridgehead atoms. The number of nitrogens with one attached hydrogen (secondary N) is 1. The molecule has 3 N–H and O–H groups in total. The second-order valence-electron chi connectivity index (χ2n) is 11.8. The van der Waals surface area contributed by atoms with Crippen molar-refractivity contribution in [3.63, 3.8) is 0 Å². The number of nitrogen functional groups attached to an aromatic ring is 1. The summed E-state index contributed by atoms with van der Waals surface area (Å²) in [5, 5.41) is 8.45. The van der Waals surface area contributed by atoms with Crippen LogP contribution in [0, 0.1) is 5.92 Å². The van der Waals surface area contributed by atoms with E-state index in [1.807, 2.05) is 24.3 Å². The molecule has 7 aromatic carbocycles. The van der Waals surface area contributed by atoms with Gasteiger partial charge in [0.15, 0.2) is 0 Å². The maximum Gasteiger partial charge on any atom is 0.0617 e. The molecule has 7 aromatic rings. The Morgan fingerprint density at radius 2 is 0.773 bits per heavy atom. The summed E-state index contributed by atoms with van der Waals surface area (Å²) in [6.45, 7) is 6.50. The Balaban J connectivity index is 0.000000810. The molecule has 0 aliphatic carbocycles. The van der Waals surface area contributed by atoms with Gasteiger partial charge < -0.3 is 11.1 Å². The molecule has 0 aromatic heterocycles. The van der Waals surface area contributed by atoms with Crippen LogP contribution in [0.2, 0.25) is 0 Å². The highest BCUT2D eigenvalue weighted by molar-refractivity contribution is 6.21. The van der Waals surface area contributed by atoms with Crippen LogP contribution in [0.3, 0.4) is 0 Å². The summed E-state index contributed by atoms with van der Waals surface area (Å²) in [5.41, 5.74) is 16.2. The van der Waals surface area contributed by atoms with Crippen LogP contribution in [0.25, 0.3) is 54.9 Å². The lowest BCUT2D eigenvalue weighted by Crippen LogP contribution is -1.95. The molecule has 0 atom stereocenters. The van der Waals surface area contributed by atoms with Crippen LogP contribution in [-0.4, -0.2) is 0 Å². The van der Waals surface area contributed by atoms with E-state index < -0.39 is 0 Å². The quantitative estimate of drug-likeness (QED) is 0.160. The average Bonchev–Trinajstić information content (AvgIpc) is 3.05. The predicted molar refractivity (Wildman–Crippen MR) is 192 cm³/mol. The SMILES string of the molecule is CC(C)C.Nc1ccccc1Nc1ccc(-c2c3ccccc3c(-c3ccc(-c4ccccc4)cc3)c3ccccc23)cc1. The summed E-state index contributed by atoms with van der Waals surface area (Å²) in [4.78, 5) is 0. The molecular weight excluding hydrogens is 532 g/mol. The molecule has 7 rings (SSSR count). The second-order valence-corrected chi connectivity index (χ2v) is 11.8. The number of benzene rings is 7. The highest BCUT2D eigenvalue weighted by Crippen LogP contribution is 2.44. The molecule has 44 heavy (non-hydrogen) atoms. The van der Waals surface area contributed by atoms with Crippen LogP contribution >= 0.6 is 0 Å². The minimum atomic E-state index is 0.732. The van der Waals surface area contributed by atoms with Gasteiger partial charge in [0.1, 0.15) is 0 Å². The smallest absolute Gasteiger partial charge is 0.0617 e. The fraction of sp³-hybridized carbons (Fsp3) is 0.0952. The number of rotatable bonds is 5. The first-order chi connectivity index (χ1) is 21.5. The van der Waals surface area contributed by atoms with Crippen molar-refractivity contribution in [1.82, 2.24) is 0 Å². The van der Waals surface area contributed by atoms with E-state index in [2.05, 4.69) is 153 Å². The van der Waals surface area contributed by atoms with E-state index in [-0.39, 0.29) is 0 Å². The maximum absolute atomic E-state index is 6.15. The van der Waals surface area contributed by atoms with Crippen molar-refractivity contribution in [3.05, 3.63) is 152 Å². The van der Waals surface area contributed by atoms with E-state index in [9.17, 15) is 0 Å². The fourth-order valence-electron chi connectivity index (χ4n) is 5.70. The number of fused-ring (bicyclic) bond motifs is 2. The zero-order valence-corrected chi connectivity index (χ0v) is 25.6. The van der Waals surface area contributed by atoms with Gasteiger partial charge in [-0.2, -0.15) is 0 Å².